The highest BCUT2D eigenvalue weighted by atomic mass is 16.6. The molecule has 0 aliphatic heterocycles. The van der Waals surface area contributed by atoms with E-state index in [0.29, 0.717) is 22.3 Å². The fourth-order valence-corrected chi connectivity index (χ4v) is 3.86. The number of alkyl carbamates (subject to hydrolysis) is 1. The first-order valence-corrected chi connectivity index (χ1v) is 12.7. The van der Waals surface area contributed by atoms with Crippen LogP contribution in [-0.4, -0.2) is 39.1 Å². The molecule has 0 saturated carbocycles. The van der Waals surface area contributed by atoms with E-state index in [9.17, 15) is 24.3 Å². The van der Waals surface area contributed by atoms with Crippen molar-refractivity contribution < 1.29 is 33.8 Å². The third kappa shape index (κ3) is 8.11. The minimum Gasteiger partial charge on any atom is -0.478 e. The van der Waals surface area contributed by atoms with Crippen LogP contribution in [-0.2, 0) is 35.8 Å². The van der Waals surface area contributed by atoms with Crippen molar-refractivity contribution in [2.24, 2.45) is 5.73 Å². The van der Waals surface area contributed by atoms with Crippen LogP contribution in [0, 0.1) is 0 Å². The Morgan fingerprint density at radius 1 is 0.810 bits per heavy atom. The van der Waals surface area contributed by atoms with E-state index < -0.39 is 24.1 Å². The minimum atomic E-state index is -1.27. The molecule has 42 heavy (non-hydrogen) atoms. The fraction of sp³-hybridized carbons (Fsp3) is 0.133. The molecule has 2 heterocycles. The van der Waals surface area contributed by atoms with E-state index in [4.69, 9.17) is 15.2 Å². The number of pyridine rings is 2. The summed E-state index contributed by atoms with van der Waals surface area (Å²) in [4.78, 5) is 58.4. The molecule has 0 spiro atoms. The molecule has 12 nitrogen and oxygen atoms in total. The summed E-state index contributed by atoms with van der Waals surface area (Å²) in [6.07, 6.45) is 4.80. The standard InChI is InChI=1S/C30H27N5O7/c31-27(36)24-8-5-20(6-9-24)17-35(30(40)42-19-23-4-2-12-33-15-23)26-13-21(7-10-25(26)28(37)38)16-34-29(39)41-18-22-3-1-11-32-14-22/h1-15H,16-19H2,(H2,31,36)(H,34,39)(H,37,38). The predicted molar refractivity (Wildman–Crippen MR) is 150 cm³/mol. The number of carbonyl (C=O) groups is 4. The molecule has 4 N–H and O–H groups in total. The lowest BCUT2D eigenvalue weighted by molar-refractivity contribution is 0.0697. The highest BCUT2D eigenvalue weighted by molar-refractivity contribution is 6.00. The van der Waals surface area contributed by atoms with Gasteiger partial charge in [-0.15, -0.1) is 0 Å². The zero-order valence-corrected chi connectivity index (χ0v) is 22.3. The number of rotatable bonds is 11. The summed E-state index contributed by atoms with van der Waals surface area (Å²) in [6.45, 7) is -0.177. The molecule has 3 amide bonds. The average Bonchev–Trinajstić information content (AvgIpc) is 3.01. The Morgan fingerprint density at radius 3 is 2.00 bits per heavy atom. The number of hydrogen-bond donors (Lipinski definition) is 3. The monoisotopic (exact) mass is 569 g/mol. The topological polar surface area (TPSA) is 174 Å². The summed E-state index contributed by atoms with van der Waals surface area (Å²) in [5, 5.41) is 12.5. The number of nitrogens with one attached hydrogen (secondary N) is 1. The van der Waals surface area contributed by atoms with Crippen LogP contribution in [0.5, 0.6) is 0 Å². The Kier molecular flexibility index (Phi) is 9.76. The van der Waals surface area contributed by atoms with Crippen LogP contribution in [0.4, 0.5) is 15.3 Å². The number of carboxylic acid groups (broad SMARTS) is 1. The Labute approximate surface area is 240 Å². The minimum absolute atomic E-state index is 0.00927. The number of nitrogens with two attached hydrogens (primary N) is 1. The van der Waals surface area contributed by atoms with E-state index in [1.807, 2.05) is 0 Å². The summed E-state index contributed by atoms with van der Waals surface area (Å²) in [5.41, 5.74) is 7.92. The molecule has 0 atom stereocenters. The quantitative estimate of drug-likeness (QED) is 0.241. The van der Waals surface area contributed by atoms with Gasteiger partial charge in [-0.05, 0) is 47.5 Å². The number of anilines is 1. The molecule has 2 aromatic carbocycles. The van der Waals surface area contributed by atoms with E-state index >= 15 is 0 Å². The number of hydrogen-bond acceptors (Lipinski definition) is 8. The van der Waals surface area contributed by atoms with Gasteiger partial charge in [0.15, 0.2) is 0 Å². The molecule has 0 fully saturated rings. The van der Waals surface area contributed by atoms with Crippen LogP contribution in [0.2, 0.25) is 0 Å². The van der Waals surface area contributed by atoms with Crippen molar-refractivity contribution in [2.45, 2.75) is 26.3 Å². The molecule has 4 rings (SSSR count). The van der Waals surface area contributed by atoms with Crippen molar-refractivity contribution in [1.29, 1.82) is 0 Å². The van der Waals surface area contributed by atoms with Gasteiger partial charge in [0.2, 0.25) is 5.91 Å². The molecular formula is C30H27N5O7. The van der Waals surface area contributed by atoms with Gasteiger partial charge in [-0.1, -0.05) is 30.3 Å². The Hall–Kier alpha value is -5.78. The Morgan fingerprint density at radius 2 is 1.43 bits per heavy atom. The molecule has 0 bridgehead atoms. The first-order chi connectivity index (χ1) is 20.3. The van der Waals surface area contributed by atoms with Gasteiger partial charge in [-0.2, -0.15) is 0 Å². The fourth-order valence-electron chi connectivity index (χ4n) is 3.86. The van der Waals surface area contributed by atoms with Gasteiger partial charge in [0.1, 0.15) is 13.2 Å². The molecule has 4 aromatic rings. The summed E-state index contributed by atoms with van der Waals surface area (Å²) >= 11 is 0. The number of aromatic carboxylic acids is 1. The average molecular weight is 570 g/mol. The maximum Gasteiger partial charge on any atom is 0.414 e. The number of carbonyl (C=O) groups excluding carboxylic acids is 3. The van der Waals surface area contributed by atoms with Crippen LogP contribution in [0.25, 0.3) is 0 Å². The molecule has 0 unspecified atom stereocenters. The van der Waals surface area contributed by atoms with Crippen LogP contribution in [0.3, 0.4) is 0 Å². The van der Waals surface area contributed by atoms with Gasteiger partial charge in [-0.25, -0.2) is 14.4 Å². The number of nitrogens with zero attached hydrogens (tertiary/aromatic N) is 3. The van der Waals surface area contributed by atoms with E-state index in [1.165, 1.54) is 35.2 Å². The van der Waals surface area contributed by atoms with Crippen LogP contribution in [0.15, 0.2) is 91.5 Å². The highest BCUT2D eigenvalue weighted by Gasteiger charge is 2.24. The molecule has 0 radical (unpaired) electrons. The van der Waals surface area contributed by atoms with E-state index in [1.54, 1.807) is 61.2 Å². The second-order valence-electron chi connectivity index (χ2n) is 9.01. The van der Waals surface area contributed by atoms with Crippen molar-refractivity contribution in [2.75, 3.05) is 4.90 Å². The maximum absolute atomic E-state index is 13.4. The zero-order chi connectivity index (χ0) is 29.9. The number of carboxylic acids is 1. The van der Waals surface area contributed by atoms with Crippen LogP contribution >= 0.6 is 0 Å². The molecule has 0 aliphatic carbocycles. The Bertz CT molecular complexity index is 1550. The summed E-state index contributed by atoms with van der Waals surface area (Å²) < 4.78 is 10.7. The van der Waals surface area contributed by atoms with Crippen molar-refractivity contribution >= 4 is 29.8 Å². The lowest BCUT2D eigenvalue weighted by Gasteiger charge is -2.25. The first-order valence-electron chi connectivity index (χ1n) is 12.7. The molecule has 214 valence electrons. The second kappa shape index (κ2) is 14.0. The molecular weight excluding hydrogens is 542 g/mol. The van der Waals surface area contributed by atoms with Gasteiger partial charge in [0, 0.05) is 48.0 Å². The number of ether oxygens (including phenoxy) is 2. The van der Waals surface area contributed by atoms with E-state index in [0.717, 1.165) is 0 Å². The van der Waals surface area contributed by atoms with E-state index in [2.05, 4.69) is 15.3 Å². The van der Waals surface area contributed by atoms with E-state index in [-0.39, 0.29) is 43.1 Å². The van der Waals surface area contributed by atoms with Crippen molar-refractivity contribution in [3.63, 3.8) is 0 Å². The molecule has 0 saturated heterocycles. The third-order valence-corrected chi connectivity index (χ3v) is 6.00. The van der Waals surface area contributed by atoms with Gasteiger partial charge in [-0.3, -0.25) is 19.7 Å². The van der Waals surface area contributed by atoms with Crippen LogP contribution in [0.1, 0.15) is 43.0 Å². The number of aromatic nitrogens is 2. The molecule has 0 aliphatic rings. The van der Waals surface area contributed by atoms with Gasteiger partial charge >= 0.3 is 18.2 Å². The van der Waals surface area contributed by atoms with Crippen molar-refractivity contribution in [1.82, 2.24) is 15.3 Å². The number of benzene rings is 2. The lowest BCUT2D eigenvalue weighted by atomic mass is 10.1. The van der Waals surface area contributed by atoms with Gasteiger partial charge in [0.05, 0.1) is 17.8 Å². The SMILES string of the molecule is NC(=O)c1ccc(CN(C(=O)OCc2cccnc2)c2cc(CNC(=O)OCc3cccnc3)ccc2C(=O)O)cc1. The van der Waals surface area contributed by atoms with Crippen molar-refractivity contribution in [3.8, 4) is 0 Å². The smallest absolute Gasteiger partial charge is 0.414 e. The summed E-state index contributed by atoms with van der Waals surface area (Å²) in [6, 6.07) is 17.5. The highest BCUT2D eigenvalue weighted by Crippen LogP contribution is 2.26. The summed E-state index contributed by atoms with van der Waals surface area (Å²) in [7, 11) is 0. The van der Waals surface area contributed by atoms with Crippen molar-refractivity contribution in [3.05, 3.63) is 125 Å². The number of primary amides is 1. The summed E-state index contributed by atoms with van der Waals surface area (Å²) in [5.74, 6) is -1.88. The number of amides is 3. The zero-order valence-electron chi connectivity index (χ0n) is 22.3. The molecule has 2 aromatic heterocycles. The largest absolute Gasteiger partial charge is 0.478 e. The normalized spacial score (nSPS) is 10.4. The Balaban J connectivity index is 1.56. The first kappa shape index (κ1) is 29.2. The lowest BCUT2D eigenvalue weighted by Crippen LogP contribution is -2.32. The van der Waals surface area contributed by atoms with Gasteiger partial charge in [0.25, 0.3) is 0 Å². The third-order valence-electron chi connectivity index (χ3n) is 6.00. The van der Waals surface area contributed by atoms with Gasteiger partial charge < -0.3 is 25.6 Å². The predicted octanol–water partition coefficient (Wildman–Crippen LogP) is 4.04. The second-order valence-corrected chi connectivity index (χ2v) is 9.01. The van der Waals surface area contributed by atoms with Crippen LogP contribution < -0.4 is 16.0 Å². The maximum atomic E-state index is 13.4. The molecule has 12 heteroatoms.